The number of fused-ring (bicyclic) bond motifs is 1. The van der Waals surface area contributed by atoms with Crippen molar-refractivity contribution in [1.29, 1.82) is 0 Å². The van der Waals surface area contributed by atoms with Crippen molar-refractivity contribution in [3.8, 4) is 27.8 Å². The normalized spacial score (nSPS) is 11.3. The minimum Gasteiger partial charge on any atom is -0.496 e. The number of nitrogens with one attached hydrogen (secondary N) is 1. The Hall–Kier alpha value is -2.16. The first-order valence-corrected chi connectivity index (χ1v) is 8.00. The van der Waals surface area contributed by atoms with Crippen LogP contribution in [0.4, 0.5) is 0 Å². The van der Waals surface area contributed by atoms with Crippen molar-refractivity contribution in [2.75, 3.05) is 7.11 Å². The Morgan fingerprint density at radius 1 is 1.26 bits per heavy atom. The summed E-state index contributed by atoms with van der Waals surface area (Å²) in [6.07, 6.45) is 1.53. The zero-order chi connectivity index (χ0) is 16.0. The first kappa shape index (κ1) is 14.4. The molecular weight excluding hydrogens is 359 g/mol. The molecule has 0 aliphatic carbocycles. The first-order chi connectivity index (χ1) is 11.2. The summed E-state index contributed by atoms with van der Waals surface area (Å²) in [5.74, 6) is 1.18. The van der Waals surface area contributed by atoms with Crippen LogP contribution in [0.1, 0.15) is 0 Å². The molecule has 0 atom stereocenters. The van der Waals surface area contributed by atoms with Crippen LogP contribution in [0.15, 0.2) is 24.4 Å². The third-order valence-corrected chi connectivity index (χ3v) is 4.64. The van der Waals surface area contributed by atoms with E-state index in [9.17, 15) is 0 Å². The summed E-state index contributed by atoms with van der Waals surface area (Å²) in [5.41, 5.74) is 1.35. The number of aromatic amines is 1. The SMILES string of the molecule is COc1ccc(Cl)cc1-c1nnc2sc(-c3[nH]ncc3Cl)nn12. The molecule has 0 aliphatic rings. The summed E-state index contributed by atoms with van der Waals surface area (Å²) in [5, 5.41) is 21.3. The molecule has 116 valence electrons. The van der Waals surface area contributed by atoms with Crippen LogP contribution in [0.3, 0.4) is 0 Å². The molecule has 10 heteroatoms. The van der Waals surface area contributed by atoms with E-state index < -0.39 is 0 Å². The Kier molecular flexibility index (Phi) is 3.44. The zero-order valence-corrected chi connectivity index (χ0v) is 13.9. The van der Waals surface area contributed by atoms with E-state index in [1.807, 2.05) is 0 Å². The molecule has 3 heterocycles. The van der Waals surface area contributed by atoms with Gasteiger partial charge in [-0.15, -0.1) is 10.2 Å². The zero-order valence-electron chi connectivity index (χ0n) is 11.6. The van der Waals surface area contributed by atoms with Crippen molar-refractivity contribution in [3.63, 3.8) is 0 Å². The Balaban J connectivity index is 1.91. The number of halogens is 2. The standard InChI is InChI=1S/C13H8Cl2N6OS/c1-22-9-3-2-6(14)4-7(9)11-18-19-13-21(11)20-12(23-13)10-8(15)5-16-17-10/h2-5H,1H3,(H,16,17). The smallest absolute Gasteiger partial charge is 0.235 e. The van der Waals surface area contributed by atoms with Crippen molar-refractivity contribution < 1.29 is 4.74 Å². The van der Waals surface area contributed by atoms with Crippen molar-refractivity contribution in [3.05, 3.63) is 34.4 Å². The van der Waals surface area contributed by atoms with Gasteiger partial charge in [-0.25, -0.2) is 0 Å². The van der Waals surface area contributed by atoms with Gasteiger partial charge in [0.25, 0.3) is 0 Å². The van der Waals surface area contributed by atoms with E-state index in [4.69, 9.17) is 27.9 Å². The second kappa shape index (κ2) is 5.48. The van der Waals surface area contributed by atoms with E-state index in [1.54, 1.807) is 29.8 Å². The fourth-order valence-electron chi connectivity index (χ4n) is 2.16. The topological polar surface area (TPSA) is 81.0 Å². The monoisotopic (exact) mass is 366 g/mol. The van der Waals surface area contributed by atoms with Gasteiger partial charge in [-0.05, 0) is 18.2 Å². The number of methoxy groups -OCH3 is 1. The molecule has 0 bridgehead atoms. The lowest BCUT2D eigenvalue weighted by atomic mass is 10.2. The number of nitrogens with zero attached hydrogens (tertiary/aromatic N) is 5. The van der Waals surface area contributed by atoms with E-state index in [1.165, 1.54) is 17.5 Å². The van der Waals surface area contributed by atoms with Gasteiger partial charge < -0.3 is 4.74 Å². The lowest BCUT2D eigenvalue weighted by molar-refractivity contribution is 0.416. The number of H-pyrrole nitrogens is 1. The molecular formula is C13H8Cl2N6OS. The van der Waals surface area contributed by atoms with Gasteiger partial charge in [-0.3, -0.25) is 5.10 Å². The van der Waals surface area contributed by atoms with E-state index in [2.05, 4.69) is 25.5 Å². The van der Waals surface area contributed by atoms with E-state index in [0.29, 0.717) is 42.8 Å². The molecule has 0 radical (unpaired) electrons. The van der Waals surface area contributed by atoms with Crippen LogP contribution in [0, 0.1) is 0 Å². The Labute approximate surface area is 143 Å². The van der Waals surface area contributed by atoms with Gasteiger partial charge in [0, 0.05) is 5.02 Å². The average molecular weight is 367 g/mol. The summed E-state index contributed by atoms with van der Waals surface area (Å²) in [6, 6.07) is 5.29. The third kappa shape index (κ3) is 2.35. The maximum absolute atomic E-state index is 6.09. The van der Waals surface area contributed by atoms with Crippen molar-refractivity contribution in [2.45, 2.75) is 0 Å². The van der Waals surface area contributed by atoms with Crippen LogP contribution in [0.25, 0.3) is 27.1 Å². The highest BCUT2D eigenvalue weighted by Crippen LogP contribution is 2.34. The number of aromatic nitrogens is 6. The fourth-order valence-corrected chi connectivity index (χ4v) is 3.42. The minimum absolute atomic E-state index is 0.497. The highest BCUT2D eigenvalue weighted by Gasteiger charge is 2.19. The molecule has 0 unspecified atom stereocenters. The van der Waals surface area contributed by atoms with Gasteiger partial charge in [0.05, 0.1) is 23.9 Å². The third-order valence-electron chi connectivity index (χ3n) is 3.20. The van der Waals surface area contributed by atoms with Gasteiger partial charge in [0.15, 0.2) is 10.8 Å². The summed E-state index contributed by atoms with van der Waals surface area (Å²) in [4.78, 5) is 0.627. The lowest BCUT2D eigenvalue weighted by Gasteiger charge is -2.06. The number of hydrogen-bond acceptors (Lipinski definition) is 6. The number of hydrogen-bond donors (Lipinski definition) is 1. The molecule has 4 rings (SSSR count). The maximum atomic E-state index is 6.09. The van der Waals surface area contributed by atoms with Crippen LogP contribution in [-0.4, -0.2) is 37.1 Å². The Morgan fingerprint density at radius 2 is 2.13 bits per heavy atom. The van der Waals surface area contributed by atoms with Crippen LogP contribution in [0.2, 0.25) is 10.0 Å². The molecule has 0 aliphatic heterocycles. The molecule has 0 saturated heterocycles. The fraction of sp³-hybridized carbons (Fsp3) is 0.0769. The number of ether oxygens (including phenoxy) is 1. The quantitative estimate of drug-likeness (QED) is 0.599. The lowest BCUT2D eigenvalue weighted by Crippen LogP contribution is -1.94. The van der Waals surface area contributed by atoms with Gasteiger partial charge >= 0.3 is 0 Å². The highest BCUT2D eigenvalue weighted by atomic mass is 35.5. The molecule has 3 aromatic heterocycles. The average Bonchev–Trinajstić information content (AvgIpc) is 3.21. The van der Waals surface area contributed by atoms with Crippen LogP contribution >= 0.6 is 34.5 Å². The summed E-state index contributed by atoms with van der Waals surface area (Å²) in [7, 11) is 1.59. The van der Waals surface area contributed by atoms with Crippen LogP contribution in [0.5, 0.6) is 5.75 Å². The summed E-state index contributed by atoms with van der Waals surface area (Å²) >= 11 is 13.5. The molecule has 0 saturated carbocycles. The predicted octanol–water partition coefficient (Wildman–Crippen LogP) is 3.56. The molecule has 7 nitrogen and oxygen atoms in total. The molecule has 0 fully saturated rings. The van der Waals surface area contributed by atoms with E-state index in [-0.39, 0.29) is 0 Å². The summed E-state index contributed by atoms with van der Waals surface area (Å²) < 4.78 is 7.00. The number of benzene rings is 1. The second-order valence-corrected chi connectivity index (χ2v) is 6.36. The van der Waals surface area contributed by atoms with Gasteiger partial charge in [-0.2, -0.15) is 14.7 Å². The summed E-state index contributed by atoms with van der Waals surface area (Å²) in [6.45, 7) is 0. The minimum atomic E-state index is 0.497. The van der Waals surface area contributed by atoms with Crippen LogP contribution in [-0.2, 0) is 0 Å². The van der Waals surface area contributed by atoms with Gasteiger partial charge in [0.1, 0.15) is 11.4 Å². The largest absolute Gasteiger partial charge is 0.496 e. The maximum Gasteiger partial charge on any atom is 0.235 e. The van der Waals surface area contributed by atoms with Gasteiger partial charge in [-0.1, -0.05) is 34.5 Å². The van der Waals surface area contributed by atoms with Crippen molar-refractivity contribution >= 4 is 39.5 Å². The molecule has 1 N–H and O–H groups in total. The number of rotatable bonds is 3. The van der Waals surface area contributed by atoms with Crippen molar-refractivity contribution in [2.24, 2.45) is 0 Å². The Bertz CT molecular complexity index is 1010. The van der Waals surface area contributed by atoms with E-state index in [0.717, 1.165) is 0 Å². The molecule has 0 spiro atoms. The van der Waals surface area contributed by atoms with Gasteiger partial charge in [0.2, 0.25) is 4.96 Å². The molecule has 0 amide bonds. The van der Waals surface area contributed by atoms with Crippen LogP contribution < -0.4 is 4.74 Å². The highest BCUT2D eigenvalue weighted by molar-refractivity contribution is 7.19. The Morgan fingerprint density at radius 3 is 2.87 bits per heavy atom. The molecule has 1 aromatic carbocycles. The molecule has 23 heavy (non-hydrogen) atoms. The first-order valence-electron chi connectivity index (χ1n) is 6.43. The van der Waals surface area contributed by atoms with Crippen molar-refractivity contribution in [1.82, 2.24) is 30.0 Å². The molecule has 4 aromatic rings. The second-order valence-electron chi connectivity index (χ2n) is 4.56. The van der Waals surface area contributed by atoms with E-state index >= 15 is 0 Å². The predicted molar refractivity (Wildman–Crippen MR) is 88.2 cm³/mol.